The van der Waals surface area contributed by atoms with Crippen LogP contribution < -0.4 is 10.6 Å². The third kappa shape index (κ3) is 2.51. The number of halogens is 2. The fraction of sp³-hybridized carbons (Fsp3) is 0.391. The molecule has 0 unspecified atom stereocenters. The molecule has 0 radical (unpaired) electrons. The van der Waals surface area contributed by atoms with E-state index in [9.17, 15) is 4.57 Å². The number of allylic oxidation sites excluding steroid dienone is 2. The monoisotopic (exact) mass is 504 g/mol. The highest BCUT2D eigenvalue weighted by atomic mass is 79.9. The van der Waals surface area contributed by atoms with Crippen LogP contribution in [0.3, 0.4) is 0 Å². The maximum Gasteiger partial charge on any atom is 0.166 e. The van der Waals surface area contributed by atoms with Crippen molar-refractivity contribution in [3.8, 4) is 0 Å². The Morgan fingerprint density at radius 3 is 1.63 bits per heavy atom. The summed E-state index contributed by atoms with van der Waals surface area (Å²) in [6.45, 7) is 2.12. The lowest BCUT2D eigenvalue weighted by Gasteiger charge is -2.22. The normalized spacial score (nSPS) is 25.1. The highest BCUT2D eigenvalue weighted by Crippen LogP contribution is 2.86. The first-order valence-electron chi connectivity index (χ1n) is 9.76. The number of benzene rings is 2. The van der Waals surface area contributed by atoms with Gasteiger partial charge in [-0.1, -0.05) is 92.5 Å². The van der Waals surface area contributed by atoms with E-state index in [1.54, 1.807) is 0 Å². The number of hydrogen-bond acceptors (Lipinski definition) is 1. The van der Waals surface area contributed by atoms with Crippen molar-refractivity contribution in [2.75, 3.05) is 0 Å². The van der Waals surface area contributed by atoms with Crippen molar-refractivity contribution in [2.45, 2.75) is 35.8 Å². The van der Waals surface area contributed by atoms with Crippen molar-refractivity contribution in [3.05, 3.63) is 71.6 Å². The van der Waals surface area contributed by atoms with Crippen LogP contribution in [0.5, 0.6) is 0 Å². The lowest BCUT2D eigenvalue weighted by molar-refractivity contribution is 0.402. The van der Waals surface area contributed by atoms with E-state index in [-0.39, 0.29) is 8.65 Å². The zero-order chi connectivity index (χ0) is 18.9. The Bertz CT molecular complexity index is 901. The molecular weight excluding hydrogens is 483 g/mol. The molecular formula is C23H23Br2OP. The fourth-order valence-corrected chi connectivity index (χ4v) is 11.2. The predicted molar refractivity (Wildman–Crippen MR) is 121 cm³/mol. The minimum atomic E-state index is -2.87. The summed E-state index contributed by atoms with van der Waals surface area (Å²) >= 11 is 8.07. The van der Waals surface area contributed by atoms with Gasteiger partial charge in [0.2, 0.25) is 0 Å². The molecule has 0 bridgehead atoms. The minimum absolute atomic E-state index is 0.163. The van der Waals surface area contributed by atoms with Crippen molar-refractivity contribution in [2.24, 2.45) is 17.3 Å². The molecule has 0 N–H and O–H groups in total. The smallest absolute Gasteiger partial charge is 0.166 e. The van der Waals surface area contributed by atoms with Crippen molar-refractivity contribution in [1.29, 1.82) is 0 Å². The molecule has 0 heterocycles. The summed E-state index contributed by atoms with van der Waals surface area (Å²) in [4.78, 5) is 0. The first-order valence-corrected chi connectivity index (χ1v) is 13.1. The van der Waals surface area contributed by atoms with Gasteiger partial charge >= 0.3 is 0 Å². The lowest BCUT2D eigenvalue weighted by Crippen LogP contribution is -2.17. The molecule has 0 aromatic heterocycles. The Morgan fingerprint density at radius 2 is 1.26 bits per heavy atom. The first kappa shape index (κ1) is 18.4. The van der Waals surface area contributed by atoms with Gasteiger partial charge in [0.1, 0.15) is 3.23 Å². The minimum Gasteiger partial charge on any atom is -0.309 e. The van der Waals surface area contributed by atoms with E-state index in [0.29, 0.717) is 0 Å². The van der Waals surface area contributed by atoms with Gasteiger partial charge < -0.3 is 4.57 Å². The first-order chi connectivity index (χ1) is 12.9. The van der Waals surface area contributed by atoms with Gasteiger partial charge in [-0.25, -0.2) is 0 Å². The Morgan fingerprint density at radius 1 is 0.852 bits per heavy atom. The standard InChI is InChI=1S/C23H23Br2OP/c1-16(21-22(17-12-13-17,18-14-15-18)23(21,24)25)27(26,19-8-4-2-5-9-19)20-10-6-3-7-11-20/h2-11,17-18H,12-15H2,1H3/b21-16-. The Kier molecular flexibility index (Phi) is 4.21. The van der Waals surface area contributed by atoms with Crippen molar-refractivity contribution < 1.29 is 4.57 Å². The number of alkyl halides is 2. The van der Waals surface area contributed by atoms with E-state index in [0.717, 1.165) is 27.8 Å². The van der Waals surface area contributed by atoms with Crippen molar-refractivity contribution in [3.63, 3.8) is 0 Å². The van der Waals surface area contributed by atoms with E-state index in [4.69, 9.17) is 0 Å². The van der Waals surface area contributed by atoms with Crippen molar-refractivity contribution in [1.82, 2.24) is 0 Å². The van der Waals surface area contributed by atoms with Gasteiger partial charge in [0, 0.05) is 16.0 Å². The maximum atomic E-state index is 14.8. The van der Waals surface area contributed by atoms with Crippen LogP contribution in [0.2, 0.25) is 0 Å². The van der Waals surface area contributed by atoms with E-state index in [1.807, 2.05) is 60.7 Å². The summed E-state index contributed by atoms with van der Waals surface area (Å²) in [6.07, 6.45) is 5.20. The van der Waals surface area contributed by atoms with Crippen LogP contribution in [-0.4, -0.2) is 3.23 Å². The second-order valence-corrected chi connectivity index (χ2v) is 14.6. The van der Waals surface area contributed by atoms with Gasteiger partial charge in [0.25, 0.3) is 0 Å². The zero-order valence-electron chi connectivity index (χ0n) is 15.4. The van der Waals surface area contributed by atoms with Gasteiger partial charge in [-0.05, 0) is 55.3 Å². The molecule has 0 spiro atoms. The topological polar surface area (TPSA) is 17.1 Å². The zero-order valence-corrected chi connectivity index (χ0v) is 19.4. The second-order valence-electron chi connectivity index (χ2n) is 8.23. The molecule has 1 nitrogen and oxygen atoms in total. The average molecular weight is 506 g/mol. The molecule has 140 valence electrons. The summed E-state index contributed by atoms with van der Waals surface area (Å²) in [6, 6.07) is 20.1. The van der Waals surface area contributed by atoms with Gasteiger partial charge in [-0.3, -0.25) is 0 Å². The quantitative estimate of drug-likeness (QED) is 0.331. The number of rotatable bonds is 5. The molecule has 3 saturated carbocycles. The fourth-order valence-electron chi connectivity index (χ4n) is 5.21. The average Bonchev–Trinajstić information content (AvgIpc) is 3.56. The SMILES string of the molecule is C/C(=C1/C(Br)(Br)C1(C1CC1)C1CC1)P(=O)(c1ccccc1)c1ccccc1. The van der Waals surface area contributed by atoms with Crippen LogP contribution in [0, 0.1) is 17.3 Å². The highest BCUT2D eigenvalue weighted by molar-refractivity contribution is 9.25. The molecule has 27 heavy (non-hydrogen) atoms. The van der Waals surface area contributed by atoms with Crippen LogP contribution in [-0.2, 0) is 4.57 Å². The van der Waals surface area contributed by atoms with Gasteiger partial charge in [0.05, 0.1) is 0 Å². The van der Waals surface area contributed by atoms with E-state index >= 15 is 0 Å². The summed E-state index contributed by atoms with van der Waals surface area (Å²) in [5.74, 6) is 1.46. The highest BCUT2D eigenvalue weighted by Gasteiger charge is 2.80. The van der Waals surface area contributed by atoms with Crippen molar-refractivity contribution >= 4 is 49.6 Å². The Labute approximate surface area is 178 Å². The largest absolute Gasteiger partial charge is 0.309 e. The Balaban J connectivity index is 1.74. The summed E-state index contributed by atoms with van der Waals surface area (Å²) in [5.41, 5.74) is 1.53. The van der Waals surface area contributed by atoms with Gasteiger partial charge in [-0.2, -0.15) is 0 Å². The second kappa shape index (κ2) is 6.18. The predicted octanol–water partition coefficient (Wildman–Crippen LogP) is 6.58. The third-order valence-corrected chi connectivity index (χ3v) is 12.0. The van der Waals surface area contributed by atoms with E-state index < -0.39 is 7.14 Å². The molecule has 2 aromatic carbocycles. The van der Waals surface area contributed by atoms with E-state index in [2.05, 4.69) is 38.8 Å². The molecule has 0 saturated heterocycles. The molecule has 4 heteroatoms. The molecule has 0 aliphatic heterocycles. The summed E-state index contributed by atoms with van der Waals surface area (Å²) in [5, 5.41) is 2.95. The Hall–Kier alpha value is -0.630. The van der Waals surface area contributed by atoms with Crippen LogP contribution in [0.15, 0.2) is 71.6 Å². The van der Waals surface area contributed by atoms with E-state index in [1.165, 1.54) is 31.3 Å². The van der Waals surface area contributed by atoms with Gasteiger partial charge in [0.15, 0.2) is 7.14 Å². The molecule has 3 fully saturated rings. The summed E-state index contributed by atoms with van der Waals surface area (Å²) in [7, 11) is -2.87. The van der Waals surface area contributed by atoms with Crippen LogP contribution in [0.25, 0.3) is 0 Å². The molecule has 0 amide bonds. The van der Waals surface area contributed by atoms with Crippen LogP contribution in [0.4, 0.5) is 0 Å². The maximum absolute atomic E-state index is 14.8. The van der Waals surface area contributed by atoms with Crippen LogP contribution in [0.1, 0.15) is 32.6 Å². The molecule has 3 aliphatic carbocycles. The third-order valence-electron chi connectivity index (χ3n) is 6.70. The van der Waals surface area contributed by atoms with Gasteiger partial charge in [-0.15, -0.1) is 0 Å². The molecule has 5 rings (SSSR count). The summed E-state index contributed by atoms with van der Waals surface area (Å²) < 4.78 is 14.6. The number of hydrogen-bond donors (Lipinski definition) is 0. The van der Waals surface area contributed by atoms with Crippen LogP contribution >= 0.6 is 39.0 Å². The molecule has 2 aromatic rings. The molecule has 3 aliphatic rings. The lowest BCUT2D eigenvalue weighted by atomic mass is 9.93. The molecule has 0 atom stereocenters.